The third-order valence-corrected chi connectivity index (χ3v) is 3.31. The van der Waals surface area contributed by atoms with Crippen LogP contribution in [0.1, 0.15) is 40.0 Å². The molecular formula is C13H19N2NaO2S. The minimum atomic E-state index is -1.07. The molecule has 0 aliphatic carbocycles. The van der Waals surface area contributed by atoms with Gasteiger partial charge in [0.2, 0.25) is 5.91 Å². The molecule has 4 nitrogen and oxygen atoms in total. The number of carbonyl (C=O) groups excluding carboxylic acids is 1. The van der Waals surface area contributed by atoms with Crippen LogP contribution in [0.4, 0.5) is 0 Å². The normalized spacial score (nSPS) is 23.3. The van der Waals surface area contributed by atoms with Gasteiger partial charge in [-0.05, 0) is 50.2 Å². The number of hydrogen-bond acceptors (Lipinski definition) is 3. The van der Waals surface area contributed by atoms with Crippen LogP contribution in [-0.4, -0.2) is 16.9 Å². The fourth-order valence-electron chi connectivity index (χ4n) is 1.90. The maximum atomic E-state index is 12.1. The molecule has 0 aromatic rings. The summed E-state index contributed by atoms with van der Waals surface area (Å²) in [4.78, 5) is 15.9. The molecule has 0 saturated carbocycles. The van der Waals surface area contributed by atoms with E-state index in [1.165, 1.54) is 0 Å². The summed E-state index contributed by atoms with van der Waals surface area (Å²) in [6.45, 7) is 6.00. The molecule has 1 aliphatic rings. The average Bonchev–Trinajstić information content (AvgIpc) is 2.27. The number of allylic oxidation sites excluding steroid dienone is 2. The van der Waals surface area contributed by atoms with Gasteiger partial charge in [0, 0.05) is 0 Å². The van der Waals surface area contributed by atoms with Crippen molar-refractivity contribution in [3.63, 3.8) is 0 Å². The van der Waals surface area contributed by atoms with Gasteiger partial charge in [-0.1, -0.05) is 26.0 Å². The summed E-state index contributed by atoms with van der Waals surface area (Å²) in [6.07, 6.45) is 5.37. The van der Waals surface area contributed by atoms with E-state index < -0.39 is 11.3 Å². The van der Waals surface area contributed by atoms with Crippen molar-refractivity contribution in [3.05, 3.63) is 12.2 Å². The standard InChI is InChI=1S/C13H20N2O2S.Na/c1-4-5-7-13(8-6-9(2)3)10(16)14-12(18)15-11(13)17;/h4-5,9H,6-8H2,1-3H3,(H2,14,15,16,17,18);/q;+1/p-1/b5-4+;. The molecule has 0 spiro atoms. The SMILES string of the molecule is C/C=C/CC1(CCC(C)C)C(=O)NC(=S)N=C1[O-].[Na+]. The first-order chi connectivity index (χ1) is 8.42. The van der Waals surface area contributed by atoms with Crippen molar-refractivity contribution in [1.29, 1.82) is 0 Å². The summed E-state index contributed by atoms with van der Waals surface area (Å²) < 4.78 is 0. The number of hydrogen-bond donors (Lipinski definition) is 1. The van der Waals surface area contributed by atoms with E-state index in [-0.39, 0.29) is 40.6 Å². The third kappa shape index (κ3) is 4.67. The summed E-state index contributed by atoms with van der Waals surface area (Å²) in [5.74, 6) is -0.289. The van der Waals surface area contributed by atoms with Crippen molar-refractivity contribution in [1.82, 2.24) is 5.32 Å². The van der Waals surface area contributed by atoms with E-state index >= 15 is 0 Å². The first kappa shape index (κ1) is 18.8. The van der Waals surface area contributed by atoms with Crippen LogP contribution < -0.4 is 40.0 Å². The summed E-state index contributed by atoms with van der Waals surface area (Å²) in [7, 11) is 0. The monoisotopic (exact) mass is 290 g/mol. The van der Waals surface area contributed by atoms with E-state index in [4.69, 9.17) is 12.2 Å². The maximum absolute atomic E-state index is 12.1. The predicted molar refractivity (Wildman–Crippen MR) is 74.1 cm³/mol. The predicted octanol–water partition coefficient (Wildman–Crippen LogP) is -1.45. The molecule has 1 rings (SSSR count). The number of nitrogens with zero attached hydrogens (tertiary/aromatic N) is 1. The Labute approximate surface area is 142 Å². The Hall–Kier alpha value is -0.230. The van der Waals surface area contributed by atoms with Crippen LogP contribution in [0, 0.1) is 11.3 Å². The van der Waals surface area contributed by atoms with Crippen LogP contribution in [0.2, 0.25) is 0 Å². The second-order valence-electron chi connectivity index (χ2n) is 4.96. The third-order valence-electron chi connectivity index (χ3n) is 3.12. The second-order valence-corrected chi connectivity index (χ2v) is 5.35. The van der Waals surface area contributed by atoms with E-state index in [0.717, 1.165) is 6.42 Å². The fraction of sp³-hybridized carbons (Fsp3) is 0.615. The van der Waals surface area contributed by atoms with Gasteiger partial charge in [-0.3, -0.25) is 4.79 Å². The van der Waals surface area contributed by atoms with Crippen LogP contribution in [0.25, 0.3) is 0 Å². The van der Waals surface area contributed by atoms with Gasteiger partial charge >= 0.3 is 29.6 Å². The number of aliphatic imine (C=N–C) groups is 1. The first-order valence-corrected chi connectivity index (χ1v) is 6.56. The molecule has 0 saturated heterocycles. The molecule has 0 fully saturated rings. The van der Waals surface area contributed by atoms with Gasteiger partial charge in [-0.15, -0.1) is 0 Å². The van der Waals surface area contributed by atoms with Gasteiger partial charge in [-0.2, -0.15) is 0 Å². The largest absolute Gasteiger partial charge is 1.00 e. The minimum absolute atomic E-state index is 0. The van der Waals surface area contributed by atoms with E-state index in [0.29, 0.717) is 18.8 Å². The van der Waals surface area contributed by atoms with Crippen LogP contribution in [0.3, 0.4) is 0 Å². The molecule has 1 heterocycles. The van der Waals surface area contributed by atoms with E-state index in [2.05, 4.69) is 24.2 Å². The average molecular weight is 290 g/mol. The zero-order valence-corrected chi connectivity index (χ0v) is 14.8. The van der Waals surface area contributed by atoms with Gasteiger partial charge in [0.25, 0.3) is 0 Å². The molecule has 19 heavy (non-hydrogen) atoms. The van der Waals surface area contributed by atoms with Crippen molar-refractivity contribution >= 4 is 29.1 Å². The molecule has 0 bridgehead atoms. The van der Waals surface area contributed by atoms with Gasteiger partial charge in [0.15, 0.2) is 5.11 Å². The summed E-state index contributed by atoms with van der Waals surface area (Å²) in [5, 5.41) is 14.6. The van der Waals surface area contributed by atoms with Crippen molar-refractivity contribution in [2.45, 2.75) is 40.0 Å². The first-order valence-electron chi connectivity index (χ1n) is 6.15. The Bertz CT molecular complexity index is 407. The molecule has 0 aromatic heterocycles. The number of carbonyl (C=O) groups is 1. The Morgan fingerprint density at radius 2 is 2.16 bits per heavy atom. The van der Waals surface area contributed by atoms with Crippen LogP contribution in [0.5, 0.6) is 0 Å². The number of nitrogens with one attached hydrogen (secondary N) is 1. The van der Waals surface area contributed by atoms with Crippen molar-refractivity contribution in [2.75, 3.05) is 0 Å². The van der Waals surface area contributed by atoms with Crippen LogP contribution in [-0.2, 0) is 4.79 Å². The summed E-state index contributed by atoms with van der Waals surface area (Å²) in [6, 6.07) is 0. The van der Waals surface area contributed by atoms with Crippen molar-refractivity contribution in [2.24, 2.45) is 16.3 Å². The van der Waals surface area contributed by atoms with Gasteiger partial charge in [-0.25, -0.2) is 4.99 Å². The van der Waals surface area contributed by atoms with Gasteiger partial charge < -0.3 is 10.4 Å². The number of rotatable bonds is 5. The van der Waals surface area contributed by atoms with Crippen LogP contribution in [0.15, 0.2) is 17.1 Å². The molecule has 1 N–H and O–H groups in total. The molecular weight excluding hydrogens is 271 g/mol. The zero-order chi connectivity index (χ0) is 13.8. The number of thiocarbonyl (C=S) groups is 1. The second kappa shape index (κ2) is 8.15. The Morgan fingerprint density at radius 3 is 2.63 bits per heavy atom. The van der Waals surface area contributed by atoms with E-state index in [1.807, 2.05) is 19.1 Å². The Kier molecular flexibility index (Phi) is 8.05. The summed E-state index contributed by atoms with van der Waals surface area (Å²) in [5.41, 5.74) is -1.07. The number of amides is 1. The molecule has 1 amide bonds. The Morgan fingerprint density at radius 1 is 1.53 bits per heavy atom. The maximum Gasteiger partial charge on any atom is 1.00 e. The summed E-state index contributed by atoms with van der Waals surface area (Å²) >= 11 is 4.77. The van der Waals surface area contributed by atoms with Crippen molar-refractivity contribution < 1.29 is 39.5 Å². The van der Waals surface area contributed by atoms with Gasteiger partial charge in [0.05, 0.1) is 5.41 Å². The molecule has 1 unspecified atom stereocenters. The van der Waals surface area contributed by atoms with E-state index in [1.54, 1.807) is 0 Å². The molecule has 1 atom stereocenters. The van der Waals surface area contributed by atoms with Gasteiger partial charge in [0.1, 0.15) is 0 Å². The zero-order valence-electron chi connectivity index (χ0n) is 12.0. The molecule has 0 radical (unpaired) electrons. The van der Waals surface area contributed by atoms with Crippen LogP contribution >= 0.6 is 12.2 Å². The smallest absolute Gasteiger partial charge is 0.861 e. The quantitative estimate of drug-likeness (QED) is 0.383. The molecule has 6 heteroatoms. The topological polar surface area (TPSA) is 64.5 Å². The molecule has 100 valence electrons. The van der Waals surface area contributed by atoms with E-state index in [9.17, 15) is 9.90 Å². The molecule has 0 aromatic carbocycles. The molecule has 1 aliphatic heterocycles. The Balaban J connectivity index is 0.00000324. The fourth-order valence-corrected chi connectivity index (χ4v) is 2.07. The minimum Gasteiger partial charge on any atom is -0.861 e. The van der Waals surface area contributed by atoms with Crippen molar-refractivity contribution in [3.8, 4) is 0 Å².